The number of rotatable bonds is 4. The van der Waals surface area contributed by atoms with E-state index >= 15 is 0 Å². The van der Waals surface area contributed by atoms with Crippen molar-refractivity contribution in [3.63, 3.8) is 0 Å². The molecule has 6 heteroatoms. The topological polar surface area (TPSA) is 68.5 Å². The summed E-state index contributed by atoms with van der Waals surface area (Å²) in [6.45, 7) is 2.77. The van der Waals surface area contributed by atoms with Gasteiger partial charge >= 0.3 is 0 Å². The minimum Gasteiger partial charge on any atom is -0.378 e. The molecular weight excluding hydrogens is 280 g/mol. The molecule has 6 nitrogen and oxygen atoms in total. The van der Waals surface area contributed by atoms with Crippen LogP contribution in [-0.2, 0) is 4.74 Å². The molecule has 2 aliphatic carbocycles. The smallest absolute Gasteiger partial charge is 0.273 e. The number of aromatic nitrogens is 3. The fourth-order valence-electron chi connectivity index (χ4n) is 3.88. The molecule has 2 atom stereocenters. The van der Waals surface area contributed by atoms with Crippen LogP contribution in [-0.4, -0.2) is 39.0 Å². The molecule has 2 aliphatic rings. The minimum atomic E-state index is -0.136. The Bertz CT molecular complexity index is 707. The van der Waals surface area contributed by atoms with Crippen molar-refractivity contribution in [3.8, 4) is 0 Å². The standard InChI is InChI=1S/C16H20N4O2/c1-2-22-12-10-11(16(12)4-3-5-16)19-15(21)13-14-18-7-9-20(14)8-6-17-13/h6-9,11-12H,2-5,10H2,1H3,(H,19,21)/t11-,12-/m0/s1. The van der Waals surface area contributed by atoms with Gasteiger partial charge in [-0.15, -0.1) is 0 Å². The van der Waals surface area contributed by atoms with Crippen molar-refractivity contribution in [3.05, 3.63) is 30.5 Å². The molecule has 2 saturated carbocycles. The Hall–Kier alpha value is -1.95. The van der Waals surface area contributed by atoms with Crippen LogP contribution < -0.4 is 5.32 Å². The number of fused-ring (bicyclic) bond motifs is 1. The van der Waals surface area contributed by atoms with Gasteiger partial charge in [-0.05, 0) is 26.2 Å². The third-order valence-corrected chi connectivity index (χ3v) is 5.27. The van der Waals surface area contributed by atoms with Crippen LogP contribution in [0.1, 0.15) is 43.1 Å². The minimum absolute atomic E-state index is 0.136. The number of imidazole rings is 1. The first-order chi connectivity index (χ1) is 10.7. The average molecular weight is 300 g/mol. The maximum absolute atomic E-state index is 12.6. The second-order valence-corrected chi connectivity index (χ2v) is 6.23. The lowest BCUT2D eigenvalue weighted by molar-refractivity contribution is -0.169. The molecular formula is C16H20N4O2. The highest BCUT2D eigenvalue weighted by Crippen LogP contribution is 2.57. The summed E-state index contributed by atoms with van der Waals surface area (Å²) >= 11 is 0. The predicted molar refractivity (Wildman–Crippen MR) is 80.6 cm³/mol. The van der Waals surface area contributed by atoms with Gasteiger partial charge in [-0.2, -0.15) is 0 Å². The maximum Gasteiger partial charge on any atom is 0.273 e. The van der Waals surface area contributed by atoms with E-state index in [1.54, 1.807) is 18.6 Å². The Morgan fingerprint density at radius 3 is 2.86 bits per heavy atom. The van der Waals surface area contributed by atoms with Crippen molar-refractivity contribution in [2.45, 2.75) is 44.8 Å². The van der Waals surface area contributed by atoms with E-state index in [1.807, 2.05) is 17.5 Å². The molecule has 116 valence electrons. The van der Waals surface area contributed by atoms with E-state index in [0.29, 0.717) is 17.4 Å². The van der Waals surface area contributed by atoms with E-state index in [-0.39, 0.29) is 17.4 Å². The molecule has 1 N–H and O–H groups in total. The van der Waals surface area contributed by atoms with Gasteiger partial charge in [0.25, 0.3) is 5.91 Å². The van der Waals surface area contributed by atoms with Gasteiger partial charge in [0.1, 0.15) is 0 Å². The van der Waals surface area contributed by atoms with Gasteiger partial charge in [-0.1, -0.05) is 6.42 Å². The first-order valence-electron chi connectivity index (χ1n) is 7.95. The van der Waals surface area contributed by atoms with Gasteiger partial charge in [0, 0.05) is 42.9 Å². The van der Waals surface area contributed by atoms with E-state index in [2.05, 4.69) is 15.3 Å². The third kappa shape index (κ3) is 1.86. The third-order valence-electron chi connectivity index (χ3n) is 5.27. The fourth-order valence-corrected chi connectivity index (χ4v) is 3.88. The molecule has 4 rings (SSSR count). The quantitative estimate of drug-likeness (QED) is 0.935. The summed E-state index contributed by atoms with van der Waals surface area (Å²) < 4.78 is 7.64. The lowest BCUT2D eigenvalue weighted by atomic mass is 9.51. The summed E-state index contributed by atoms with van der Waals surface area (Å²) in [6.07, 6.45) is 11.6. The van der Waals surface area contributed by atoms with Gasteiger partial charge in [-0.3, -0.25) is 4.79 Å². The summed E-state index contributed by atoms with van der Waals surface area (Å²) in [5.41, 5.74) is 1.15. The molecule has 1 amide bonds. The molecule has 0 aromatic carbocycles. The van der Waals surface area contributed by atoms with E-state index in [1.165, 1.54) is 6.42 Å². The van der Waals surface area contributed by atoms with Crippen LogP contribution in [0.5, 0.6) is 0 Å². The second kappa shape index (κ2) is 5.05. The Morgan fingerprint density at radius 2 is 2.18 bits per heavy atom. The van der Waals surface area contributed by atoms with Gasteiger partial charge in [0.2, 0.25) is 0 Å². The highest BCUT2D eigenvalue weighted by molar-refractivity contribution is 5.98. The number of carbonyl (C=O) groups excluding carboxylic acids is 1. The maximum atomic E-state index is 12.6. The zero-order valence-corrected chi connectivity index (χ0v) is 12.7. The second-order valence-electron chi connectivity index (χ2n) is 6.23. The van der Waals surface area contributed by atoms with Crippen LogP contribution in [0.3, 0.4) is 0 Å². The summed E-state index contributed by atoms with van der Waals surface area (Å²) in [5, 5.41) is 3.16. The number of ether oxygens (including phenoxy) is 1. The number of nitrogens with zero attached hydrogens (tertiary/aromatic N) is 3. The molecule has 1 spiro atoms. The van der Waals surface area contributed by atoms with E-state index in [0.717, 1.165) is 25.9 Å². The van der Waals surface area contributed by atoms with Crippen molar-refractivity contribution in [2.24, 2.45) is 5.41 Å². The van der Waals surface area contributed by atoms with E-state index < -0.39 is 0 Å². The lowest BCUT2D eigenvalue weighted by Gasteiger charge is -2.60. The van der Waals surface area contributed by atoms with Crippen molar-refractivity contribution >= 4 is 11.6 Å². The lowest BCUT2D eigenvalue weighted by Crippen LogP contribution is -2.67. The zero-order chi connectivity index (χ0) is 15.2. The van der Waals surface area contributed by atoms with Crippen LogP contribution >= 0.6 is 0 Å². The molecule has 22 heavy (non-hydrogen) atoms. The molecule has 2 aromatic rings. The zero-order valence-electron chi connectivity index (χ0n) is 12.7. The molecule has 2 aromatic heterocycles. The molecule has 2 heterocycles. The van der Waals surface area contributed by atoms with Gasteiger partial charge in [0.05, 0.1) is 6.10 Å². The van der Waals surface area contributed by atoms with E-state index in [9.17, 15) is 4.79 Å². The Labute approximate surface area is 128 Å². The molecule has 0 unspecified atom stereocenters. The first-order valence-corrected chi connectivity index (χ1v) is 7.95. The predicted octanol–water partition coefficient (Wildman–Crippen LogP) is 1.81. The van der Waals surface area contributed by atoms with Gasteiger partial charge in [0.15, 0.2) is 11.3 Å². The fraction of sp³-hybridized carbons (Fsp3) is 0.562. The highest BCUT2D eigenvalue weighted by atomic mass is 16.5. The van der Waals surface area contributed by atoms with Crippen molar-refractivity contribution in [1.29, 1.82) is 0 Å². The van der Waals surface area contributed by atoms with Crippen LogP contribution in [0.2, 0.25) is 0 Å². The summed E-state index contributed by atoms with van der Waals surface area (Å²) in [6, 6.07) is 0.197. The van der Waals surface area contributed by atoms with Gasteiger partial charge in [-0.25, -0.2) is 9.97 Å². The normalized spacial score (nSPS) is 25.7. The highest BCUT2D eigenvalue weighted by Gasteiger charge is 2.59. The Morgan fingerprint density at radius 1 is 1.41 bits per heavy atom. The van der Waals surface area contributed by atoms with Crippen LogP contribution in [0.15, 0.2) is 24.8 Å². The number of hydrogen-bond donors (Lipinski definition) is 1. The summed E-state index contributed by atoms with van der Waals surface area (Å²) in [4.78, 5) is 21.0. The molecule has 0 radical (unpaired) electrons. The average Bonchev–Trinajstić information content (AvgIpc) is 2.92. The number of amides is 1. The number of nitrogens with one attached hydrogen (secondary N) is 1. The van der Waals surface area contributed by atoms with E-state index in [4.69, 9.17) is 4.74 Å². The Kier molecular flexibility index (Phi) is 3.14. The molecule has 0 aliphatic heterocycles. The van der Waals surface area contributed by atoms with Crippen LogP contribution in [0.25, 0.3) is 5.65 Å². The monoisotopic (exact) mass is 300 g/mol. The summed E-state index contributed by atoms with van der Waals surface area (Å²) in [5.74, 6) is -0.136. The molecule has 2 fully saturated rings. The Balaban J connectivity index is 1.52. The largest absolute Gasteiger partial charge is 0.378 e. The summed E-state index contributed by atoms with van der Waals surface area (Å²) in [7, 11) is 0. The van der Waals surface area contributed by atoms with Crippen LogP contribution in [0.4, 0.5) is 0 Å². The molecule has 0 saturated heterocycles. The van der Waals surface area contributed by atoms with Crippen molar-refractivity contribution in [1.82, 2.24) is 19.7 Å². The first kappa shape index (κ1) is 13.7. The van der Waals surface area contributed by atoms with Crippen molar-refractivity contribution < 1.29 is 9.53 Å². The SMILES string of the molecule is CCO[C@H]1C[C@H](NC(=O)c2nccn3ccnc23)C12CCC2. The number of hydrogen-bond acceptors (Lipinski definition) is 4. The van der Waals surface area contributed by atoms with Crippen molar-refractivity contribution in [2.75, 3.05) is 6.61 Å². The molecule has 0 bridgehead atoms. The number of carbonyl (C=O) groups is 1. The van der Waals surface area contributed by atoms with Crippen LogP contribution in [0, 0.1) is 5.41 Å². The van der Waals surface area contributed by atoms with Gasteiger partial charge < -0.3 is 14.5 Å².